The fourth-order valence-electron chi connectivity index (χ4n) is 2.39. The van der Waals surface area contributed by atoms with Crippen LogP contribution in [0.1, 0.15) is 29.9 Å². The summed E-state index contributed by atoms with van der Waals surface area (Å²) in [6, 6.07) is 0. The van der Waals surface area contributed by atoms with Gasteiger partial charge in [0.05, 0.1) is 5.39 Å². The predicted octanol–water partition coefficient (Wildman–Crippen LogP) is 3.28. The fourth-order valence-corrected chi connectivity index (χ4v) is 2.39. The molecule has 4 nitrogen and oxygen atoms in total. The molecule has 0 saturated carbocycles. The van der Waals surface area contributed by atoms with Crippen molar-refractivity contribution in [2.45, 2.75) is 46.3 Å². The minimum atomic E-state index is -4.13. The molecule has 0 atom stereocenters. The molecule has 2 aromatic heterocycles. The Labute approximate surface area is 114 Å². The molecule has 0 unspecified atom stereocenters. The van der Waals surface area contributed by atoms with Crippen molar-refractivity contribution in [1.82, 2.24) is 14.5 Å². The standard InChI is InChI=1S/C13H17F3N4/c1-7-8(2)20(6-4-5-13(14,15)16)12-10(7)11(17)18-9(3)19-12/h4-6H2,1-3H3,(H2,17,18,19). The van der Waals surface area contributed by atoms with Crippen LogP contribution < -0.4 is 5.73 Å². The molecule has 0 radical (unpaired) electrons. The van der Waals surface area contributed by atoms with Crippen molar-refractivity contribution in [2.75, 3.05) is 5.73 Å². The second-order valence-electron chi connectivity index (χ2n) is 4.94. The van der Waals surface area contributed by atoms with E-state index in [0.717, 1.165) is 16.6 Å². The van der Waals surface area contributed by atoms with Gasteiger partial charge in [0.2, 0.25) is 0 Å². The van der Waals surface area contributed by atoms with E-state index in [4.69, 9.17) is 5.73 Å². The van der Waals surface area contributed by atoms with Crippen LogP contribution in [0.2, 0.25) is 0 Å². The van der Waals surface area contributed by atoms with Crippen LogP contribution >= 0.6 is 0 Å². The van der Waals surface area contributed by atoms with Gasteiger partial charge in [-0.2, -0.15) is 13.2 Å². The van der Waals surface area contributed by atoms with Crippen molar-refractivity contribution in [2.24, 2.45) is 0 Å². The molecule has 110 valence electrons. The van der Waals surface area contributed by atoms with Crippen LogP contribution in [0.15, 0.2) is 0 Å². The van der Waals surface area contributed by atoms with E-state index in [2.05, 4.69) is 9.97 Å². The molecule has 20 heavy (non-hydrogen) atoms. The maximum atomic E-state index is 12.3. The first-order valence-corrected chi connectivity index (χ1v) is 6.37. The lowest BCUT2D eigenvalue weighted by Crippen LogP contribution is -2.10. The van der Waals surface area contributed by atoms with E-state index in [1.807, 2.05) is 13.8 Å². The summed E-state index contributed by atoms with van der Waals surface area (Å²) in [5, 5.41) is 0.736. The van der Waals surface area contributed by atoms with E-state index < -0.39 is 12.6 Å². The molecule has 0 aliphatic rings. The van der Waals surface area contributed by atoms with Crippen LogP contribution in [0, 0.1) is 20.8 Å². The van der Waals surface area contributed by atoms with Gasteiger partial charge >= 0.3 is 6.18 Å². The van der Waals surface area contributed by atoms with Crippen molar-refractivity contribution in [3.8, 4) is 0 Å². The second kappa shape index (κ2) is 4.96. The number of anilines is 1. The number of halogens is 3. The highest BCUT2D eigenvalue weighted by Crippen LogP contribution is 2.29. The summed E-state index contributed by atoms with van der Waals surface area (Å²) in [5.74, 6) is 0.896. The van der Waals surface area contributed by atoms with Crippen LogP contribution in [0.5, 0.6) is 0 Å². The molecule has 2 N–H and O–H groups in total. The normalized spacial score (nSPS) is 12.3. The van der Waals surface area contributed by atoms with Crippen molar-refractivity contribution >= 4 is 16.9 Å². The van der Waals surface area contributed by atoms with Gasteiger partial charge in [-0.3, -0.25) is 0 Å². The van der Waals surface area contributed by atoms with E-state index >= 15 is 0 Å². The zero-order valence-electron chi connectivity index (χ0n) is 11.7. The Morgan fingerprint density at radius 1 is 1.15 bits per heavy atom. The summed E-state index contributed by atoms with van der Waals surface area (Å²) in [6.45, 7) is 5.73. The van der Waals surface area contributed by atoms with Crippen molar-refractivity contribution in [1.29, 1.82) is 0 Å². The molecule has 2 heterocycles. The highest BCUT2D eigenvalue weighted by Gasteiger charge is 2.26. The van der Waals surface area contributed by atoms with E-state index in [1.165, 1.54) is 0 Å². The molecule has 0 amide bonds. The highest BCUT2D eigenvalue weighted by molar-refractivity contribution is 5.91. The number of nitrogen functional groups attached to an aromatic ring is 1. The lowest BCUT2D eigenvalue weighted by Gasteiger charge is -2.10. The molecule has 0 aliphatic heterocycles. The third kappa shape index (κ3) is 2.71. The number of aryl methyl sites for hydroxylation is 3. The molecular formula is C13H17F3N4. The van der Waals surface area contributed by atoms with Crippen molar-refractivity contribution in [3.05, 3.63) is 17.1 Å². The molecule has 0 aliphatic carbocycles. The monoisotopic (exact) mass is 286 g/mol. The molecule has 2 rings (SSSR count). The van der Waals surface area contributed by atoms with Crippen LogP contribution in [0.25, 0.3) is 11.0 Å². The quantitative estimate of drug-likeness (QED) is 0.942. The Morgan fingerprint density at radius 2 is 1.80 bits per heavy atom. The Hall–Kier alpha value is -1.79. The van der Waals surface area contributed by atoms with E-state index in [-0.39, 0.29) is 13.0 Å². The first-order valence-electron chi connectivity index (χ1n) is 6.37. The van der Waals surface area contributed by atoms with Gasteiger partial charge in [0.1, 0.15) is 17.3 Å². The maximum Gasteiger partial charge on any atom is 0.389 e. The average Bonchev–Trinajstić information content (AvgIpc) is 2.52. The van der Waals surface area contributed by atoms with Gasteiger partial charge in [-0.15, -0.1) is 0 Å². The zero-order chi connectivity index (χ0) is 15.1. The molecule has 7 heteroatoms. The SMILES string of the molecule is Cc1nc(N)c2c(C)c(C)n(CCCC(F)(F)F)c2n1. The van der Waals surface area contributed by atoms with Gasteiger partial charge in [0, 0.05) is 18.7 Å². The average molecular weight is 286 g/mol. The molecule has 0 saturated heterocycles. The first-order chi connectivity index (χ1) is 9.20. The number of rotatable bonds is 3. The largest absolute Gasteiger partial charge is 0.389 e. The number of hydrogen-bond acceptors (Lipinski definition) is 3. The fraction of sp³-hybridized carbons (Fsp3) is 0.538. The summed E-state index contributed by atoms with van der Waals surface area (Å²) in [4.78, 5) is 8.43. The van der Waals surface area contributed by atoms with Gasteiger partial charge in [-0.25, -0.2) is 9.97 Å². The first kappa shape index (κ1) is 14.6. The second-order valence-corrected chi connectivity index (χ2v) is 4.94. The minimum absolute atomic E-state index is 0.0243. The Bertz CT molecular complexity index is 643. The minimum Gasteiger partial charge on any atom is -0.383 e. The van der Waals surface area contributed by atoms with E-state index in [1.54, 1.807) is 11.5 Å². The molecule has 2 aromatic rings. The number of nitrogens with zero attached hydrogens (tertiary/aromatic N) is 3. The zero-order valence-corrected chi connectivity index (χ0v) is 11.7. The maximum absolute atomic E-state index is 12.3. The summed E-state index contributed by atoms with van der Waals surface area (Å²) in [7, 11) is 0. The topological polar surface area (TPSA) is 56.7 Å². The van der Waals surface area contributed by atoms with Crippen molar-refractivity contribution < 1.29 is 13.2 Å². The molecule has 0 bridgehead atoms. The molecule has 0 fully saturated rings. The molecule has 0 aromatic carbocycles. The molecular weight excluding hydrogens is 269 g/mol. The smallest absolute Gasteiger partial charge is 0.383 e. The Kier molecular flexibility index (Phi) is 3.62. The summed E-state index contributed by atoms with van der Waals surface area (Å²) >= 11 is 0. The number of hydrogen-bond donors (Lipinski definition) is 1. The molecule has 0 spiro atoms. The number of alkyl halides is 3. The lowest BCUT2D eigenvalue weighted by atomic mass is 10.2. The van der Waals surface area contributed by atoms with Crippen molar-refractivity contribution in [3.63, 3.8) is 0 Å². The predicted molar refractivity (Wildman–Crippen MR) is 71.4 cm³/mol. The van der Waals surface area contributed by atoms with Gasteiger partial charge in [0.25, 0.3) is 0 Å². The number of fused-ring (bicyclic) bond motifs is 1. The Balaban J connectivity index is 2.40. The lowest BCUT2D eigenvalue weighted by molar-refractivity contribution is -0.135. The Morgan fingerprint density at radius 3 is 2.40 bits per heavy atom. The van der Waals surface area contributed by atoms with E-state index in [9.17, 15) is 13.2 Å². The van der Waals surface area contributed by atoms with Crippen LogP contribution in [-0.4, -0.2) is 20.7 Å². The third-order valence-electron chi connectivity index (χ3n) is 3.45. The van der Waals surface area contributed by atoms with Crippen LogP contribution in [0.4, 0.5) is 19.0 Å². The summed E-state index contributed by atoms with van der Waals surface area (Å²) < 4.78 is 38.5. The van der Waals surface area contributed by atoms with Crippen LogP contribution in [-0.2, 0) is 6.54 Å². The highest BCUT2D eigenvalue weighted by atomic mass is 19.4. The summed E-state index contributed by atoms with van der Waals surface area (Å²) in [6.07, 6.45) is -4.91. The van der Waals surface area contributed by atoms with E-state index in [0.29, 0.717) is 17.3 Å². The van der Waals surface area contributed by atoms with Crippen LogP contribution in [0.3, 0.4) is 0 Å². The van der Waals surface area contributed by atoms with Gasteiger partial charge < -0.3 is 10.3 Å². The third-order valence-corrected chi connectivity index (χ3v) is 3.45. The summed E-state index contributed by atoms with van der Waals surface area (Å²) in [5.41, 5.74) is 8.32. The van der Waals surface area contributed by atoms with Gasteiger partial charge in [-0.05, 0) is 32.8 Å². The van der Waals surface area contributed by atoms with Gasteiger partial charge in [-0.1, -0.05) is 0 Å². The number of nitrogens with two attached hydrogens (primary N) is 1. The van der Waals surface area contributed by atoms with Gasteiger partial charge in [0.15, 0.2) is 0 Å². The number of aromatic nitrogens is 3.